The van der Waals surface area contributed by atoms with Crippen molar-refractivity contribution < 1.29 is 0 Å². The van der Waals surface area contributed by atoms with Crippen LogP contribution >= 0.6 is 0 Å². The predicted molar refractivity (Wildman–Crippen MR) is 57.4 cm³/mol. The monoisotopic (exact) mass is 199 g/mol. The number of nitrogens with zero attached hydrogens (tertiary/aromatic N) is 3. The van der Waals surface area contributed by atoms with Crippen LogP contribution in [0.2, 0.25) is 0 Å². The SMILES string of the molecule is N#Cc1cc(N2CC3CCC2C3)ccn1. The van der Waals surface area contributed by atoms with Crippen molar-refractivity contribution in [2.75, 3.05) is 11.4 Å². The van der Waals surface area contributed by atoms with Gasteiger partial charge in [-0.1, -0.05) is 0 Å². The number of hydrogen-bond donors (Lipinski definition) is 0. The normalized spacial score (nSPS) is 28.1. The van der Waals surface area contributed by atoms with Gasteiger partial charge in [0.15, 0.2) is 0 Å². The molecule has 0 amide bonds. The summed E-state index contributed by atoms with van der Waals surface area (Å²) in [5, 5.41) is 8.81. The van der Waals surface area contributed by atoms with E-state index in [9.17, 15) is 0 Å². The summed E-state index contributed by atoms with van der Waals surface area (Å²) in [6, 6.07) is 6.73. The van der Waals surface area contributed by atoms with Crippen LogP contribution in [0.1, 0.15) is 25.0 Å². The van der Waals surface area contributed by atoms with Gasteiger partial charge in [0.1, 0.15) is 11.8 Å². The van der Waals surface area contributed by atoms with Gasteiger partial charge in [-0.3, -0.25) is 0 Å². The van der Waals surface area contributed by atoms with E-state index in [4.69, 9.17) is 5.26 Å². The number of piperidine rings is 1. The molecule has 2 aliphatic rings. The molecule has 2 unspecified atom stereocenters. The quantitative estimate of drug-likeness (QED) is 0.694. The molecule has 1 aliphatic carbocycles. The summed E-state index contributed by atoms with van der Waals surface area (Å²) >= 11 is 0. The number of anilines is 1. The highest BCUT2D eigenvalue weighted by molar-refractivity contribution is 5.51. The van der Waals surface area contributed by atoms with Gasteiger partial charge in [0, 0.05) is 24.5 Å². The lowest BCUT2D eigenvalue weighted by Gasteiger charge is -2.29. The van der Waals surface area contributed by atoms with Gasteiger partial charge in [0.25, 0.3) is 0 Å². The zero-order chi connectivity index (χ0) is 10.3. The van der Waals surface area contributed by atoms with E-state index in [0.29, 0.717) is 11.7 Å². The molecule has 0 aromatic carbocycles. The van der Waals surface area contributed by atoms with E-state index in [-0.39, 0.29) is 0 Å². The fraction of sp³-hybridized carbons (Fsp3) is 0.500. The first-order valence-electron chi connectivity index (χ1n) is 5.49. The van der Waals surface area contributed by atoms with Crippen LogP contribution in [0.15, 0.2) is 18.3 Å². The zero-order valence-corrected chi connectivity index (χ0v) is 8.56. The molecule has 0 spiro atoms. The van der Waals surface area contributed by atoms with Gasteiger partial charge in [-0.05, 0) is 37.3 Å². The molecular formula is C12H13N3. The van der Waals surface area contributed by atoms with E-state index in [1.807, 2.05) is 12.1 Å². The molecule has 1 saturated heterocycles. The van der Waals surface area contributed by atoms with Gasteiger partial charge in [-0.25, -0.2) is 4.98 Å². The molecule has 1 aromatic rings. The third-order valence-electron chi connectivity index (χ3n) is 3.60. The molecule has 3 heteroatoms. The van der Waals surface area contributed by atoms with E-state index in [2.05, 4.69) is 16.0 Å². The van der Waals surface area contributed by atoms with Gasteiger partial charge >= 0.3 is 0 Å². The molecule has 0 radical (unpaired) electrons. The van der Waals surface area contributed by atoms with Crippen molar-refractivity contribution in [3.8, 4) is 6.07 Å². The van der Waals surface area contributed by atoms with Crippen molar-refractivity contribution in [3.63, 3.8) is 0 Å². The van der Waals surface area contributed by atoms with E-state index in [1.165, 1.54) is 31.5 Å². The Morgan fingerprint density at radius 2 is 2.40 bits per heavy atom. The standard InChI is InChI=1S/C12H13N3/c13-7-10-6-12(3-4-14-10)15-8-9-1-2-11(15)5-9/h3-4,6,9,11H,1-2,5,8H2. The summed E-state index contributed by atoms with van der Waals surface area (Å²) in [6.07, 6.45) is 5.77. The lowest BCUT2D eigenvalue weighted by molar-refractivity contribution is 0.553. The van der Waals surface area contributed by atoms with Gasteiger partial charge in [-0.15, -0.1) is 0 Å². The molecule has 15 heavy (non-hydrogen) atoms. The third-order valence-corrected chi connectivity index (χ3v) is 3.60. The second kappa shape index (κ2) is 3.23. The molecule has 2 bridgehead atoms. The Morgan fingerprint density at radius 1 is 1.47 bits per heavy atom. The number of rotatable bonds is 1. The predicted octanol–water partition coefficient (Wildman–Crippen LogP) is 1.94. The number of hydrogen-bond acceptors (Lipinski definition) is 3. The van der Waals surface area contributed by atoms with E-state index < -0.39 is 0 Å². The lowest BCUT2D eigenvalue weighted by Crippen LogP contribution is -2.31. The number of aromatic nitrogens is 1. The molecule has 2 heterocycles. The summed E-state index contributed by atoms with van der Waals surface area (Å²) in [7, 11) is 0. The van der Waals surface area contributed by atoms with Gasteiger partial charge < -0.3 is 4.90 Å². The summed E-state index contributed by atoms with van der Waals surface area (Å²) in [4.78, 5) is 6.44. The van der Waals surface area contributed by atoms with Crippen LogP contribution in [0.25, 0.3) is 0 Å². The fourth-order valence-corrected chi connectivity index (χ4v) is 2.90. The van der Waals surface area contributed by atoms with Crippen LogP contribution in [0, 0.1) is 17.2 Å². The molecule has 2 fully saturated rings. The molecule has 2 atom stereocenters. The van der Waals surface area contributed by atoms with Crippen LogP contribution in [0.3, 0.4) is 0 Å². The maximum atomic E-state index is 8.81. The van der Waals surface area contributed by atoms with Crippen LogP contribution in [0.5, 0.6) is 0 Å². The first-order valence-corrected chi connectivity index (χ1v) is 5.49. The van der Waals surface area contributed by atoms with E-state index >= 15 is 0 Å². The van der Waals surface area contributed by atoms with Crippen LogP contribution < -0.4 is 4.90 Å². The molecule has 1 aliphatic heterocycles. The first kappa shape index (κ1) is 8.72. The third kappa shape index (κ3) is 1.37. The maximum Gasteiger partial charge on any atom is 0.142 e. The van der Waals surface area contributed by atoms with E-state index in [1.54, 1.807) is 6.20 Å². The first-order chi connectivity index (χ1) is 7.36. The van der Waals surface area contributed by atoms with E-state index in [0.717, 1.165) is 5.92 Å². The topological polar surface area (TPSA) is 39.9 Å². The number of pyridine rings is 1. The minimum atomic E-state index is 0.523. The maximum absolute atomic E-state index is 8.81. The number of nitriles is 1. The van der Waals surface area contributed by atoms with Crippen molar-refractivity contribution in [1.82, 2.24) is 4.98 Å². The fourth-order valence-electron chi connectivity index (χ4n) is 2.90. The molecular weight excluding hydrogens is 186 g/mol. The van der Waals surface area contributed by atoms with Gasteiger partial charge in [-0.2, -0.15) is 5.26 Å². The smallest absolute Gasteiger partial charge is 0.142 e. The Balaban J connectivity index is 1.90. The Bertz CT molecular complexity index is 421. The van der Waals surface area contributed by atoms with Crippen LogP contribution in [-0.4, -0.2) is 17.6 Å². The Morgan fingerprint density at radius 3 is 3.07 bits per heavy atom. The minimum absolute atomic E-state index is 0.523. The van der Waals surface area contributed by atoms with Crippen molar-refractivity contribution >= 4 is 5.69 Å². The van der Waals surface area contributed by atoms with Crippen LogP contribution in [0.4, 0.5) is 5.69 Å². The van der Waals surface area contributed by atoms with Crippen molar-refractivity contribution in [3.05, 3.63) is 24.0 Å². The van der Waals surface area contributed by atoms with Crippen molar-refractivity contribution in [1.29, 1.82) is 5.26 Å². The zero-order valence-electron chi connectivity index (χ0n) is 8.56. The molecule has 0 N–H and O–H groups in total. The largest absolute Gasteiger partial charge is 0.368 e. The number of fused-ring (bicyclic) bond motifs is 2. The molecule has 76 valence electrons. The summed E-state index contributed by atoms with van der Waals surface area (Å²) in [5.74, 6) is 0.883. The van der Waals surface area contributed by atoms with Crippen LogP contribution in [-0.2, 0) is 0 Å². The lowest BCUT2D eigenvalue weighted by atomic mass is 10.1. The Kier molecular flexibility index (Phi) is 1.88. The summed E-state index contributed by atoms with van der Waals surface area (Å²) < 4.78 is 0. The second-order valence-electron chi connectivity index (χ2n) is 4.50. The highest BCUT2D eigenvalue weighted by Crippen LogP contribution is 2.39. The average molecular weight is 199 g/mol. The Hall–Kier alpha value is -1.56. The Labute approximate surface area is 89.3 Å². The molecule has 3 rings (SSSR count). The molecule has 1 aromatic heterocycles. The highest BCUT2D eigenvalue weighted by atomic mass is 15.2. The summed E-state index contributed by atoms with van der Waals surface area (Å²) in [5.41, 5.74) is 1.70. The average Bonchev–Trinajstić information content (AvgIpc) is 2.91. The highest BCUT2D eigenvalue weighted by Gasteiger charge is 2.37. The second-order valence-corrected chi connectivity index (χ2v) is 4.50. The van der Waals surface area contributed by atoms with Gasteiger partial charge in [0.2, 0.25) is 0 Å². The minimum Gasteiger partial charge on any atom is -0.368 e. The molecule has 1 saturated carbocycles. The van der Waals surface area contributed by atoms with Gasteiger partial charge in [0.05, 0.1) is 0 Å². The molecule has 3 nitrogen and oxygen atoms in total. The van der Waals surface area contributed by atoms with Crippen molar-refractivity contribution in [2.24, 2.45) is 5.92 Å². The van der Waals surface area contributed by atoms with Crippen molar-refractivity contribution in [2.45, 2.75) is 25.3 Å². The summed E-state index contributed by atoms with van der Waals surface area (Å²) in [6.45, 7) is 1.17.